The Hall–Kier alpha value is -0.840. The van der Waals surface area contributed by atoms with Crippen LogP contribution in [0.15, 0.2) is 28.7 Å². The number of halogens is 2. The first-order valence-corrected chi connectivity index (χ1v) is 6.02. The van der Waals surface area contributed by atoms with E-state index in [2.05, 4.69) is 31.2 Å². The van der Waals surface area contributed by atoms with Crippen molar-refractivity contribution in [2.75, 3.05) is 7.05 Å². The normalized spacial score (nSPS) is 10.7. The Bertz CT molecular complexity index is 478. The van der Waals surface area contributed by atoms with Crippen LogP contribution in [0.1, 0.15) is 5.82 Å². The molecule has 0 amide bonds. The molecule has 0 saturated carbocycles. The highest BCUT2D eigenvalue weighted by Crippen LogP contribution is 2.26. The molecule has 84 valence electrons. The molecule has 0 radical (unpaired) electrons. The van der Waals surface area contributed by atoms with Crippen molar-refractivity contribution in [1.82, 2.24) is 15.3 Å². The van der Waals surface area contributed by atoms with Gasteiger partial charge in [0.2, 0.25) is 0 Å². The molecule has 0 aliphatic carbocycles. The Labute approximate surface area is 107 Å². The van der Waals surface area contributed by atoms with E-state index in [0.717, 1.165) is 21.6 Å². The van der Waals surface area contributed by atoms with Gasteiger partial charge in [-0.1, -0.05) is 39.7 Å². The molecule has 2 aromatic rings. The zero-order valence-corrected chi connectivity index (χ0v) is 11.1. The van der Waals surface area contributed by atoms with Gasteiger partial charge in [0.05, 0.1) is 6.54 Å². The quantitative estimate of drug-likeness (QED) is 0.914. The Morgan fingerprint density at radius 3 is 2.69 bits per heavy atom. The summed E-state index contributed by atoms with van der Waals surface area (Å²) >= 11 is 9.49. The topological polar surface area (TPSA) is 40.7 Å². The zero-order chi connectivity index (χ0) is 11.5. The molecule has 0 bridgehead atoms. The van der Waals surface area contributed by atoms with Gasteiger partial charge in [0.25, 0.3) is 0 Å². The summed E-state index contributed by atoms with van der Waals surface area (Å²) in [6, 6.07) is 7.90. The molecular formula is C11H11BrClN3. The van der Waals surface area contributed by atoms with Gasteiger partial charge in [-0.05, 0) is 19.2 Å². The smallest absolute Gasteiger partial charge is 0.134 e. The molecule has 3 nitrogen and oxygen atoms in total. The number of rotatable bonds is 3. The number of nitrogens with one attached hydrogen (secondary N) is 2. The van der Waals surface area contributed by atoms with Crippen molar-refractivity contribution in [3.63, 3.8) is 0 Å². The fourth-order valence-corrected chi connectivity index (χ4v) is 1.97. The standard InChI is InChI=1S/C11H11BrClN3/c1-14-6-9-15-10(11(13)16-9)7-2-4-8(12)5-3-7/h2-5,14H,6H2,1H3,(H,15,16). The van der Waals surface area contributed by atoms with Crippen LogP contribution in [0.3, 0.4) is 0 Å². The maximum atomic E-state index is 6.10. The highest BCUT2D eigenvalue weighted by atomic mass is 79.9. The number of nitrogens with zero attached hydrogens (tertiary/aromatic N) is 1. The molecular weight excluding hydrogens is 289 g/mol. The Kier molecular flexibility index (Phi) is 3.63. The van der Waals surface area contributed by atoms with E-state index in [-0.39, 0.29) is 0 Å². The van der Waals surface area contributed by atoms with E-state index in [1.165, 1.54) is 0 Å². The SMILES string of the molecule is CNCc1nc(-c2ccc(Br)cc2)c(Cl)[nH]1. The van der Waals surface area contributed by atoms with E-state index in [0.29, 0.717) is 11.7 Å². The summed E-state index contributed by atoms with van der Waals surface area (Å²) in [6.45, 7) is 0.677. The van der Waals surface area contributed by atoms with Crippen molar-refractivity contribution in [1.29, 1.82) is 0 Å². The molecule has 0 unspecified atom stereocenters. The second-order valence-electron chi connectivity index (χ2n) is 3.38. The first kappa shape index (κ1) is 11.6. The van der Waals surface area contributed by atoms with Crippen LogP contribution in [0.2, 0.25) is 5.15 Å². The van der Waals surface area contributed by atoms with Crippen molar-refractivity contribution in [2.24, 2.45) is 0 Å². The largest absolute Gasteiger partial charge is 0.331 e. The summed E-state index contributed by atoms with van der Waals surface area (Å²) in [4.78, 5) is 7.47. The third-order valence-electron chi connectivity index (χ3n) is 2.17. The Balaban J connectivity index is 2.36. The maximum Gasteiger partial charge on any atom is 0.134 e. The maximum absolute atomic E-state index is 6.10. The molecule has 0 aliphatic rings. The minimum Gasteiger partial charge on any atom is -0.331 e. The van der Waals surface area contributed by atoms with Crippen LogP contribution in [-0.4, -0.2) is 17.0 Å². The molecule has 0 saturated heterocycles. The summed E-state index contributed by atoms with van der Waals surface area (Å²) in [6.07, 6.45) is 0. The second-order valence-corrected chi connectivity index (χ2v) is 4.68. The van der Waals surface area contributed by atoms with Crippen LogP contribution in [0, 0.1) is 0 Å². The predicted molar refractivity (Wildman–Crippen MR) is 69.5 cm³/mol. The minimum absolute atomic E-state index is 0.576. The van der Waals surface area contributed by atoms with Crippen molar-refractivity contribution in [3.8, 4) is 11.3 Å². The van der Waals surface area contributed by atoms with Crippen LogP contribution in [-0.2, 0) is 6.54 Å². The van der Waals surface area contributed by atoms with Gasteiger partial charge in [-0.25, -0.2) is 4.98 Å². The molecule has 16 heavy (non-hydrogen) atoms. The summed E-state index contributed by atoms with van der Waals surface area (Å²) < 4.78 is 1.04. The number of benzene rings is 1. The second kappa shape index (κ2) is 4.99. The summed E-state index contributed by atoms with van der Waals surface area (Å²) in [5.74, 6) is 0.838. The van der Waals surface area contributed by atoms with E-state index >= 15 is 0 Å². The Morgan fingerprint density at radius 2 is 2.06 bits per heavy atom. The molecule has 1 heterocycles. The van der Waals surface area contributed by atoms with Crippen molar-refractivity contribution >= 4 is 27.5 Å². The van der Waals surface area contributed by atoms with Crippen LogP contribution in [0.4, 0.5) is 0 Å². The average molecular weight is 301 g/mol. The van der Waals surface area contributed by atoms with E-state index < -0.39 is 0 Å². The molecule has 5 heteroatoms. The summed E-state index contributed by atoms with van der Waals surface area (Å²) in [7, 11) is 1.87. The molecule has 1 aromatic heterocycles. The molecule has 0 aliphatic heterocycles. The Morgan fingerprint density at radius 1 is 1.38 bits per heavy atom. The van der Waals surface area contributed by atoms with Crippen molar-refractivity contribution in [3.05, 3.63) is 39.7 Å². The van der Waals surface area contributed by atoms with Gasteiger partial charge in [0.15, 0.2) is 0 Å². The molecule has 1 aromatic carbocycles. The number of aromatic amines is 1. The zero-order valence-electron chi connectivity index (χ0n) is 8.72. The highest BCUT2D eigenvalue weighted by molar-refractivity contribution is 9.10. The van der Waals surface area contributed by atoms with Gasteiger partial charge in [-0.15, -0.1) is 0 Å². The first-order valence-electron chi connectivity index (χ1n) is 4.85. The van der Waals surface area contributed by atoms with Crippen LogP contribution < -0.4 is 5.32 Å². The lowest BCUT2D eigenvalue weighted by Crippen LogP contribution is -2.06. The number of hydrogen-bond donors (Lipinski definition) is 2. The van der Waals surface area contributed by atoms with Crippen LogP contribution in [0.25, 0.3) is 11.3 Å². The van der Waals surface area contributed by atoms with Gasteiger partial charge < -0.3 is 10.3 Å². The number of aromatic nitrogens is 2. The number of H-pyrrole nitrogens is 1. The van der Waals surface area contributed by atoms with Crippen LogP contribution in [0.5, 0.6) is 0 Å². The molecule has 0 atom stereocenters. The van der Waals surface area contributed by atoms with E-state index in [4.69, 9.17) is 11.6 Å². The monoisotopic (exact) mass is 299 g/mol. The van der Waals surface area contributed by atoms with Crippen molar-refractivity contribution in [2.45, 2.75) is 6.54 Å². The van der Waals surface area contributed by atoms with E-state index in [1.54, 1.807) is 0 Å². The van der Waals surface area contributed by atoms with Gasteiger partial charge in [-0.3, -0.25) is 0 Å². The van der Waals surface area contributed by atoms with E-state index in [1.807, 2.05) is 31.3 Å². The number of hydrogen-bond acceptors (Lipinski definition) is 2. The molecule has 2 rings (SSSR count). The molecule has 0 spiro atoms. The van der Waals surface area contributed by atoms with Crippen LogP contribution >= 0.6 is 27.5 Å². The molecule has 0 fully saturated rings. The third kappa shape index (κ3) is 2.45. The predicted octanol–water partition coefficient (Wildman–Crippen LogP) is 3.21. The lowest BCUT2D eigenvalue weighted by molar-refractivity contribution is 0.772. The van der Waals surface area contributed by atoms with E-state index in [9.17, 15) is 0 Å². The van der Waals surface area contributed by atoms with Gasteiger partial charge in [-0.2, -0.15) is 0 Å². The highest BCUT2D eigenvalue weighted by Gasteiger charge is 2.09. The fraction of sp³-hybridized carbons (Fsp3) is 0.182. The fourth-order valence-electron chi connectivity index (χ4n) is 1.45. The minimum atomic E-state index is 0.576. The molecule has 2 N–H and O–H groups in total. The van der Waals surface area contributed by atoms with Gasteiger partial charge in [0, 0.05) is 10.0 Å². The lowest BCUT2D eigenvalue weighted by atomic mass is 10.2. The average Bonchev–Trinajstić information content (AvgIpc) is 2.61. The summed E-state index contributed by atoms with van der Waals surface area (Å²) in [5, 5.41) is 3.60. The van der Waals surface area contributed by atoms with Crippen molar-refractivity contribution < 1.29 is 0 Å². The third-order valence-corrected chi connectivity index (χ3v) is 2.97. The first-order chi connectivity index (χ1) is 7.70. The van der Waals surface area contributed by atoms with Gasteiger partial charge >= 0.3 is 0 Å². The number of imidazole rings is 1. The van der Waals surface area contributed by atoms with Gasteiger partial charge in [0.1, 0.15) is 16.7 Å². The summed E-state index contributed by atoms with van der Waals surface area (Å²) in [5.41, 5.74) is 1.80. The lowest BCUT2D eigenvalue weighted by Gasteiger charge is -1.97.